The maximum atomic E-state index is 13.5. The first-order valence-corrected chi connectivity index (χ1v) is 12.8. The molecule has 1 aliphatic heterocycles. The maximum absolute atomic E-state index is 13.5. The predicted molar refractivity (Wildman–Crippen MR) is 140 cm³/mol. The Morgan fingerprint density at radius 2 is 1.84 bits per heavy atom. The van der Waals surface area contributed by atoms with Crippen molar-refractivity contribution in [3.05, 3.63) is 53.6 Å². The Labute approximate surface area is 217 Å². The normalized spacial score (nSPS) is 17.5. The third kappa shape index (κ3) is 5.82. The first kappa shape index (κ1) is 26.7. The van der Waals surface area contributed by atoms with E-state index in [0.717, 1.165) is 11.1 Å². The second kappa shape index (κ2) is 10.2. The summed E-state index contributed by atoms with van der Waals surface area (Å²) in [5.74, 6) is -0.703. The second-order valence-corrected chi connectivity index (χ2v) is 11.5. The summed E-state index contributed by atoms with van der Waals surface area (Å²) in [6.45, 7) is 13.0. The number of nitrogens with zero attached hydrogens (tertiary/aromatic N) is 5. The molecule has 0 aliphatic carbocycles. The number of halogens is 1. The van der Waals surface area contributed by atoms with Gasteiger partial charge in [0.25, 0.3) is 11.8 Å². The topological polar surface area (TPSA) is 91.0 Å². The van der Waals surface area contributed by atoms with Crippen LogP contribution in [-0.4, -0.2) is 73.1 Å². The Bertz CT molecular complexity index is 1300. The van der Waals surface area contributed by atoms with Gasteiger partial charge >= 0.3 is 0 Å². The number of rotatable bonds is 5. The molecule has 1 aromatic carbocycles. The molecule has 37 heavy (non-hydrogen) atoms. The van der Waals surface area contributed by atoms with Gasteiger partial charge in [0.05, 0.1) is 11.9 Å². The van der Waals surface area contributed by atoms with Gasteiger partial charge in [0, 0.05) is 36.8 Å². The van der Waals surface area contributed by atoms with Gasteiger partial charge in [-0.15, -0.1) is 0 Å². The molecule has 0 spiro atoms. The van der Waals surface area contributed by atoms with Crippen LogP contribution < -0.4 is 0 Å². The van der Waals surface area contributed by atoms with Crippen LogP contribution in [-0.2, 0) is 4.79 Å². The van der Waals surface area contributed by atoms with Gasteiger partial charge in [-0.05, 0) is 55.0 Å². The zero-order valence-corrected chi connectivity index (χ0v) is 22.4. The van der Waals surface area contributed by atoms with E-state index < -0.39 is 6.10 Å². The number of hydrogen-bond acceptors (Lipinski definition) is 5. The summed E-state index contributed by atoms with van der Waals surface area (Å²) >= 11 is 0. The van der Waals surface area contributed by atoms with Crippen molar-refractivity contribution in [3.63, 3.8) is 0 Å². The number of aromatic nitrogens is 3. The van der Waals surface area contributed by atoms with Crippen molar-refractivity contribution in [2.24, 2.45) is 5.41 Å². The van der Waals surface area contributed by atoms with Crippen LogP contribution in [0.15, 0.2) is 36.5 Å². The highest BCUT2D eigenvalue weighted by atomic mass is 19.1. The van der Waals surface area contributed by atoms with Gasteiger partial charge in [0.1, 0.15) is 17.6 Å². The fraction of sp³-hybridized carbons (Fsp3) is 0.500. The molecule has 3 aromatic rings. The van der Waals surface area contributed by atoms with Crippen LogP contribution >= 0.6 is 0 Å². The van der Waals surface area contributed by atoms with E-state index in [1.165, 1.54) is 12.1 Å². The molecule has 0 bridgehead atoms. The quantitative estimate of drug-likeness (QED) is 0.559. The molecular weight excluding hydrogens is 473 g/mol. The maximum Gasteiger partial charge on any atom is 0.274 e. The summed E-state index contributed by atoms with van der Waals surface area (Å²) < 4.78 is 15.0. The molecule has 1 fully saturated rings. The molecule has 2 amide bonds. The van der Waals surface area contributed by atoms with Gasteiger partial charge in [-0.1, -0.05) is 34.6 Å². The monoisotopic (exact) mass is 509 g/mol. The average molecular weight is 510 g/mol. The lowest BCUT2D eigenvalue weighted by molar-refractivity contribution is -0.144. The number of imidazole rings is 1. The van der Waals surface area contributed by atoms with Crippen LogP contribution in [0.2, 0.25) is 0 Å². The van der Waals surface area contributed by atoms with Gasteiger partial charge in [0.2, 0.25) is 0 Å². The van der Waals surface area contributed by atoms with Gasteiger partial charge in [-0.25, -0.2) is 13.9 Å². The van der Waals surface area contributed by atoms with Crippen molar-refractivity contribution in [1.29, 1.82) is 0 Å². The molecule has 1 aliphatic rings. The fourth-order valence-electron chi connectivity index (χ4n) is 4.78. The lowest BCUT2D eigenvalue weighted by Gasteiger charge is -2.40. The summed E-state index contributed by atoms with van der Waals surface area (Å²) in [5.41, 5.74) is 3.10. The van der Waals surface area contributed by atoms with Crippen LogP contribution in [0.5, 0.6) is 0 Å². The number of amides is 2. The van der Waals surface area contributed by atoms with Gasteiger partial charge < -0.3 is 14.9 Å². The van der Waals surface area contributed by atoms with E-state index >= 15 is 0 Å². The van der Waals surface area contributed by atoms with Crippen LogP contribution in [0.3, 0.4) is 0 Å². The minimum Gasteiger partial charge on any atom is -0.383 e. The Morgan fingerprint density at radius 1 is 1.16 bits per heavy atom. The Kier molecular flexibility index (Phi) is 7.37. The lowest BCUT2D eigenvalue weighted by atomic mass is 9.89. The smallest absolute Gasteiger partial charge is 0.274 e. The molecule has 9 heteroatoms. The molecule has 198 valence electrons. The summed E-state index contributed by atoms with van der Waals surface area (Å²) in [6, 6.07) is 7.85. The minimum absolute atomic E-state index is 0.128. The van der Waals surface area contributed by atoms with Crippen molar-refractivity contribution in [2.75, 3.05) is 19.6 Å². The number of carbonyl (C=O) groups excluding carboxylic acids is 2. The molecule has 2 atom stereocenters. The molecular formula is C28H36FN5O3. The molecule has 4 rings (SSSR count). The van der Waals surface area contributed by atoms with Crippen LogP contribution in [0, 0.1) is 11.2 Å². The molecule has 2 aromatic heterocycles. The third-order valence-electron chi connectivity index (χ3n) is 6.73. The number of aliphatic hydroxyl groups excluding tert-OH is 1. The zero-order valence-electron chi connectivity index (χ0n) is 22.4. The first-order chi connectivity index (χ1) is 17.3. The Morgan fingerprint density at radius 3 is 2.43 bits per heavy atom. The summed E-state index contributed by atoms with van der Waals surface area (Å²) in [6.07, 6.45) is 0.961. The van der Waals surface area contributed by atoms with Crippen LogP contribution in [0.25, 0.3) is 16.9 Å². The van der Waals surface area contributed by atoms with E-state index in [2.05, 4.69) is 10.1 Å². The molecule has 1 saturated heterocycles. The number of fused-ring (bicyclic) bond motifs is 1. The van der Waals surface area contributed by atoms with Gasteiger partial charge in [-0.2, -0.15) is 5.10 Å². The van der Waals surface area contributed by atoms with Gasteiger partial charge in [-0.3, -0.25) is 9.59 Å². The zero-order chi connectivity index (χ0) is 27.1. The largest absolute Gasteiger partial charge is 0.383 e. The van der Waals surface area contributed by atoms with Crippen molar-refractivity contribution in [2.45, 2.75) is 66.0 Å². The molecule has 0 radical (unpaired) electrons. The van der Waals surface area contributed by atoms with Crippen molar-refractivity contribution >= 4 is 17.5 Å². The van der Waals surface area contributed by atoms with Crippen molar-refractivity contribution in [1.82, 2.24) is 24.4 Å². The number of hydrogen-bond donors (Lipinski definition) is 1. The molecule has 0 saturated carbocycles. The molecule has 1 N–H and O–H groups in total. The highest BCUT2D eigenvalue weighted by Gasteiger charge is 2.34. The number of aliphatic hydroxyl groups is 1. The van der Waals surface area contributed by atoms with E-state index in [4.69, 9.17) is 0 Å². The second-order valence-electron chi connectivity index (χ2n) is 11.5. The Hall–Kier alpha value is -3.33. The fourth-order valence-corrected chi connectivity index (χ4v) is 4.78. The first-order valence-electron chi connectivity index (χ1n) is 12.8. The van der Waals surface area contributed by atoms with Crippen LogP contribution in [0.1, 0.15) is 69.9 Å². The lowest BCUT2D eigenvalue weighted by Crippen LogP contribution is -2.57. The van der Waals surface area contributed by atoms with Crippen molar-refractivity contribution in [3.8, 4) is 11.3 Å². The highest BCUT2D eigenvalue weighted by molar-refractivity contribution is 5.93. The summed E-state index contributed by atoms with van der Waals surface area (Å²) in [4.78, 5) is 34.3. The summed E-state index contributed by atoms with van der Waals surface area (Å²) in [5, 5.41) is 15.1. The van der Waals surface area contributed by atoms with E-state index in [9.17, 15) is 19.1 Å². The molecule has 3 heterocycles. The third-order valence-corrected chi connectivity index (χ3v) is 6.73. The minimum atomic E-state index is -1.05. The SMILES string of the molecule is CC(C)c1cc(-c2ccc(F)cc2)nn2cc(C(=O)N3CCN(C(=O)C(O)CC(C)(C)C)CC3C)nc12. The van der Waals surface area contributed by atoms with Gasteiger partial charge in [0.15, 0.2) is 5.65 Å². The van der Waals surface area contributed by atoms with E-state index in [-0.39, 0.29) is 40.7 Å². The number of benzene rings is 1. The van der Waals surface area contributed by atoms with Crippen LogP contribution in [0.4, 0.5) is 4.39 Å². The van der Waals surface area contributed by atoms with E-state index in [0.29, 0.717) is 37.4 Å². The van der Waals surface area contributed by atoms with Crippen molar-refractivity contribution < 1.29 is 19.1 Å². The molecule has 8 nitrogen and oxygen atoms in total. The standard InChI is InChI=1S/C28H36FN5O3/c1-17(2)21-13-22(19-7-9-20(29)10-8-19)31-34-16-23(30-25(21)34)26(36)33-12-11-32(15-18(33)3)27(37)24(35)14-28(4,5)6/h7-10,13,16-18,24,35H,11-12,14-15H2,1-6H3. The molecule has 2 unspecified atom stereocenters. The average Bonchev–Trinajstić information content (AvgIpc) is 3.26. The summed E-state index contributed by atoms with van der Waals surface area (Å²) in [7, 11) is 0. The predicted octanol–water partition coefficient (Wildman–Crippen LogP) is 4.13. The van der Waals surface area contributed by atoms with E-state index in [1.54, 1.807) is 32.6 Å². The Balaban J connectivity index is 1.55. The van der Waals surface area contributed by atoms with E-state index in [1.807, 2.05) is 47.6 Å². The number of carbonyl (C=O) groups is 2. The highest BCUT2D eigenvalue weighted by Crippen LogP contribution is 2.27. The number of piperazine rings is 1.